The van der Waals surface area contributed by atoms with E-state index < -0.39 is 10.0 Å². The number of likely N-dealkylation sites (tertiary alicyclic amines) is 1. The zero-order chi connectivity index (χ0) is 19.3. The number of piperidine rings is 1. The van der Waals surface area contributed by atoms with Crippen LogP contribution in [-0.4, -0.2) is 50.5 Å². The molecule has 1 fully saturated rings. The minimum absolute atomic E-state index is 0.0469. The molecule has 1 saturated heterocycles. The molecule has 0 aliphatic carbocycles. The Morgan fingerprint density at radius 1 is 1.19 bits per heavy atom. The van der Waals surface area contributed by atoms with Gasteiger partial charge in [-0.2, -0.15) is 0 Å². The predicted octanol–water partition coefficient (Wildman–Crippen LogP) is 1.82. The van der Waals surface area contributed by atoms with E-state index in [1.165, 1.54) is 0 Å². The summed E-state index contributed by atoms with van der Waals surface area (Å²) < 4.78 is 24.8. The van der Waals surface area contributed by atoms with E-state index in [0.717, 1.165) is 12.7 Å². The summed E-state index contributed by atoms with van der Waals surface area (Å²) in [6, 6.07) is 6.53. The highest BCUT2D eigenvalue weighted by Crippen LogP contribution is 2.20. The Morgan fingerprint density at radius 2 is 1.77 bits per heavy atom. The molecule has 26 heavy (non-hydrogen) atoms. The molecular weight excluding hydrogens is 354 g/mol. The number of carbonyl (C=O) groups excluding carboxylic acids is 2. The van der Waals surface area contributed by atoms with Crippen molar-refractivity contribution in [1.82, 2.24) is 10.2 Å². The van der Waals surface area contributed by atoms with E-state index >= 15 is 0 Å². The fraction of sp³-hybridized carbons (Fsp3) is 0.556. The van der Waals surface area contributed by atoms with Gasteiger partial charge in [0.05, 0.1) is 6.26 Å². The van der Waals surface area contributed by atoms with Crippen LogP contribution in [0.25, 0.3) is 0 Å². The molecule has 1 aliphatic heterocycles. The average Bonchev–Trinajstić information content (AvgIpc) is 2.60. The van der Waals surface area contributed by atoms with Crippen molar-refractivity contribution in [2.75, 3.05) is 24.1 Å². The van der Waals surface area contributed by atoms with Crippen molar-refractivity contribution in [2.45, 2.75) is 39.2 Å². The van der Waals surface area contributed by atoms with Gasteiger partial charge in [-0.25, -0.2) is 8.42 Å². The van der Waals surface area contributed by atoms with Crippen LogP contribution in [0, 0.1) is 5.92 Å². The van der Waals surface area contributed by atoms with Crippen LogP contribution in [0.4, 0.5) is 5.69 Å². The molecule has 2 amide bonds. The van der Waals surface area contributed by atoms with Crippen LogP contribution < -0.4 is 10.0 Å². The summed E-state index contributed by atoms with van der Waals surface area (Å²) in [4.78, 5) is 26.5. The summed E-state index contributed by atoms with van der Waals surface area (Å²) in [7, 11) is -3.34. The molecule has 1 heterocycles. The predicted molar refractivity (Wildman–Crippen MR) is 101 cm³/mol. The number of hydrogen-bond donors (Lipinski definition) is 2. The van der Waals surface area contributed by atoms with Crippen molar-refractivity contribution in [2.24, 2.45) is 5.92 Å². The molecule has 0 aromatic heterocycles. The number of rotatable bonds is 6. The molecule has 0 spiro atoms. The zero-order valence-corrected chi connectivity index (χ0v) is 16.3. The van der Waals surface area contributed by atoms with Crippen molar-refractivity contribution in [3.63, 3.8) is 0 Å². The summed E-state index contributed by atoms with van der Waals surface area (Å²) in [6.45, 7) is 5.10. The molecule has 0 saturated carbocycles. The molecule has 0 radical (unpaired) electrons. The fourth-order valence-corrected chi connectivity index (χ4v) is 3.45. The Hall–Kier alpha value is -2.09. The van der Waals surface area contributed by atoms with E-state index in [4.69, 9.17) is 0 Å². The molecule has 7 nitrogen and oxygen atoms in total. The highest BCUT2D eigenvalue weighted by Gasteiger charge is 2.28. The number of sulfonamides is 1. The summed E-state index contributed by atoms with van der Waals surface area (Å²) in [5, 5.41) is 3.00. The summed E-state index contributed by atoms with van der Waals surface area (Å²) in [5.74, 6) is -0.0753. The van der Waals surface area contributed by atoms with Gasteiger partial charge < -0.3 is 10.2 Å². The number of carbonyl (C=O) groups is 2. The Bertz CT molecular complexity index is 738. The lowest BCUT2D eigenvalue weighted by Gasteiger charge is -2.32. The van der Waals surface area contributed by atoms with E-state index in [-0.39, 0.29) is 23.8 Å². The van der Waals surface area contributed by atoms with Gasteiger partial charge in [-0.05, 0) is 50.5 Å². The van der Waals surface area contributed by atoms with Crippen molar-refractivity contribution >= 4 is 27.5 Å². The van der Waals surface area contributed by atoms with Gasteiger partial charge in [0.25, 0.3) is 5.91 Å². The molecule has 8 heteroatoms. The van der Waals surface area contributed by atoms with Gasteiger partial charge in [0.2, 0.25) is 15.9 Å². The molecule has 2 rings (SSSR count). The van der Waals surface area contributed by atoms with Crippen LogP contribution in [0.15, 0.2) is 24.3 Å². The maximum atomic E-state index is 12.6. The topological polar surface area (TPSA) is 95.6 Å². The monoisotopic (exact) mass is 381 g/mol. The third-order valence-electron chi connectivity index (χ3n) is 4.59. The van der Waals surface area contributed by atoms with E-state index in [9.17, 15) is 18.0 Å². The molecule has 0 bridgehead atoms. The van der Waals surface area contributed by atoms with E-state index in [0.29, 0.717) is 37.2 Å². The van der Waals surface area contributed by atoms with Crippen molar-refractivity contribution in [1.29, 1.82) is 0 Å². The number of nitrogens with one attached hydrogen (secondary N) is 2. The van der Waals surface area contributed by atoms with Crippen LogP contribution in [0.2, 0.25) is 0 Å². The average molecular weight is 381 g/mol. The van der Waals surface area contributed by atoms with Gasteiger partial charge in [-0.15, -0.1) is 0 Å². The molecule has 1 atom stereocenters. The second kappa shape index (κ2) is 8.53. The molecule has 144 valence electrons. The van der Waals surface area contributed by atoms with Gasteiger partial charge in [-0.3, -0.25) is 14.3 Å². The number of hydrogen-bond acceptors (Lipinski definition) is 4. The van der Waals surface area contributed by atoms with Crippen LogP contribution in [0.1, 0.15) is 43.5 Å². The Kier molecular flexibility index (Phi) is 6.63. The van der Waals surface area contributed by atoms with Crippen LogP contribution in [0.3, 0.4) is 0 Å². The van der Waals surface area contributed by atoms with Crippen molar-refractivity contribution < 1.29 is 18.0 Å². The lowest BCUT2D eigenvalue weighted by molar-refractivity contribution is -0.126. The van der Waals surface area contributed by atoms with Crippen molar-refractivity contribution in [3.05, 3.63) is 29.8 Å². The summed E-state index contributed by atoms with van der Waals surface area (Å²) >= 11 is 0. The minimum Gasteiger partial charge on any atom is -0.353 e. The first-order chi connectivity index (χ1) is 12.2. The highest BCUT2D eigenvalue weighted by molar-refractivity contribution is 7.92. The van der Waals surface area contributed by atoms with Gasteiger partial charge >= 0.3 is 0 Å². The second-order valence-electron chi connectivity index (χ2n) is 6.84. The second-order valence-corrected chi connectivity index (χ2v) is 8.58. The fourth-order valence-electron chi connectivity index (χ4n) is 2.89. The quantitative estimate of drug-likeness (QED) is 0.786. The molecular formula is C18H27N3O4S. The summed E-state index contributed by atoms with van der Waals surface area (Å²) in [6.07, 6.45) is 3.28. The highest BCUT2D eigenvalue weighted by atomic mass is 32.2. The zero-order valence-electron chi connectivity index (χ0n) is 15.5. The van der Waals surface area contributed by atoms with E-state index in [1.54, 1.807) is 29.2 Å². The lowest BCUT2D eigenvalue weighted by atomic mass is 9.95. The van der Waals surface area contributed by atoms with Crippen LogP contribution >= 0.6 is 0 Å². The first kappa shape index (κ1) is 20.2. The van der Waals surface area contributed by atoms with Gasteiger partial charge in [0.1, 0.15) is 0 Å². The first-order valence-electron chi connectivity index (χ1n) is 8.87. The Balaban J connectivity index is 1.91. The van der Waals surface area contributed by atoms with Crippen LogP contribution in [0.5, 0.6) is 0 Å². The maximum Gasteiger partial charge on any atom is 0.253 e. The number of benzene rings is 1. The third kappa shape index (κ3) is 5.72. The molecule has 1 unspecified atom stereocenters. The largest absolute Gasteiger partial charge is 0.353 e. The molecule has 1 aliphatic rings. The number of amides is 2. The van der Waals surface area contributed by atoms with Gasteiger partial charge in [-0.1, -0.05) is 6.92 Å². The molecule has 1 aromatic carbocycles. The normalized spacial score (nSPS) is 16.8. The standard InChI is InChI=1S/C18H27N3O4S/c1-4-13(2)19-17(22)14-9-11-21(12-10-14)18(23)15-5-7-16(8-6-15)20-26(3,24)25/h5-8,13-14,20H,4,9-12H2,1-3H3,(H,19,22). The third-order valence-corrected chi connectivity index (χ3v) is 5.20. The number of anilines is 1. The van der Waals surface area contributed by atoms with Gasteiger partial charge in [0.15, 0.2) is 0 Å². The summed E-state index contributed by atoms with van der Waals surface area (Å²) in [5.41, 5.74) is 0.927. The number of nitrogens with zero attached hydrogens (tertiary/aromatic N) is 1. The SMILES string of the molecule is CCC(C)NC(=O)C1CCN(C(=O)c2ccc(NS(C)(=O)=O)cc2)CC1. The molecule has 1 aromatic rings. The smallest absolute Gasteiger partial charge is 0.253 e. The minimum atomic E-state index is -3.34. The molecule has 2 N–H and O–H groups in total. The Labute approximate surface area is 155 Å². The van der Waals surface area contributed by atoms with Crippen LogP contribution in [-0.2, 0) is 14.8 Å². The van der Waals surface area contributed by atoms with E-state index in [2.05, 4.69) is 10.0 Å². The maximum absolute atomic E-state index is 12.6. The van der Waals surface area contributed by atoms with Gasteiger partial charge in [0, 0.05) is 36.3 Å². The Morgan fingerprint density at radius 3 is 2.27 bits per heavy atom. The van der Waals surface area contributed by atoms with E-state index in [1.807, 2.05) is 13.8 Å². The first-order valence-corrected chi connectivity index (χ1v) is 10.8. The lowest BCUT2D eigenvalue weighted by Crippen LogP contribution is -2.44. The van der Waals surface area contributed by atoms with Crippen molar-refractivity contribution in [3.8, 4) is 0 Å².